The van der Waals surface area contributed by atoms with Gasteiger partial charge in [-0.3, -0.25) is 14.5 Å². The number of carbonyl (C=O) groups is 3. The van der Waals surface area contributed by atoms with E-state index in [1.54, 1.807) is 12.1 Å². The van der Waals surface area contributed by atoms with E-state index in [0.717, 1.165) is 45.2 Å². The number of hydrogen-bond acceptors (Lipinski definition) is 4. The van der Waals surface area contributed by atoms with Crippen LogP contribution in [0.4, 0.5) is 23.7 Å². The lowest BCUT2D eigenvalue weighted by atomic mass is 10.1. The summed E-state index contributed by atoms with van der Waals surface area (Å²) < 4.78 is 40.8. The second-order valence-electron chi connectivity index (χ2n) is 8.40. The summed E-state index contributed by atoms with van der Waals surface area (Å²) >= 11 is 0. The van der Waals surface area contributed by atoms with Gasteiger partial charge in [0.25, 0.3) is 11.8 Å². The highest BCUT2D eigenvalue weighted by Gasteiger charge is 2.43. The van der Waals surface area contributed by atoms with E-state index in [4.69, 9.17) is 5.73 Å². The number of carbonyl (C=O) groups excluding carboxylic acids is 3. The Morgan fingerprint density at radius 3 is 2.16 bits per heavy atom. The molecule has 4 amide bonds. The van der Waals surface area contributed by atoms with Gasteiger partial charge in [-0.05, 0) is 47.5 Å². The van der Waals surface area contributed by atoms with Crippen molar-refractivity contribution in [1.82, 2.24) is 15.1 Å². The maximum Gasteiger partial charge on any atom is 0.323 e. The summed E-state index contributed by atoms with van der Waals surface area (Å²) in [6.07, 6.45) is -1.41. The third kappa shape index (κ3) is 6.07. The molecule has 1 heterocycles. The van der Waals surface area contributed by atoms with Gasteiger partial charge in [0.15, 0.2) is 6.17 Å². The Labute approximate surface area is 210 Å². The molecular formula is C26H24F3N5O3. The molecule has 3 aromatic carbocycles. The number of anilines is 1. The number of benzene rings is 3. The van der Waals surface area contributed by atoms with Crippen LogP contribution in [0.25, 0.3) is 0 Å². The maximum atomic E-state index is 13.8. The summed E-state index contributed by atoms with van der Waals surface area (Å²) in [5.41, 5.74) is 7.26. The SMILES string of the molecule is NCc1cccc(CNC(=O)C2N(C(=O)Nc3ccc(F)cc3)CCN2C(=O)c2cc(F)cc(F)c2)c1. The van der Waals surface area contributed by atoms with Gasteiger partial charge in [-0.2, -0.15) is 0 Å². The van der Waals surface area contributed by atoms with Crippen LogP contribution in [0.3, 0.4) is 0 Å². The quantitative estimate of drug-likeness (QED) is 0.473. The standard InChI is InChI=1S/C26H24F3N5O3/c27-19-4-6-22(7-5-19)32-26(37)34-9-8-33(25(36)18-11-20(28)13-21(29)12-18)24(34)23(35)31-15-17-3-1-2-16(10-17)14-30/h1-7,10-13,24H,8-9,14-15,30H2,(H,31,35)(H,32,37). The van der Waals surface area contributed by atoms with Gasteiger partial charge in [0.05, 0.1) is 0 Å². The Morgan fingerprint density at radius 2 is 1.49 bits per heavy atom. The lowest BCUT2D eigenvalue weighted by Crippen LogP contribution is -2.54. The van der Waals surface area contributed by atoms with Crippen LogP contribution in [0.15, 0.2) is 66.7 Å². The molecule has 1 atom stereocenters. The molecule has 0 radical (unpaired) electrons. The molecular weight excluding hydrogens is 487 g/mol. The second-order valence-corrected chi connectivity index (χ2v) is 8.40. The van der Waals surface area contributed by atoms with E-state index >= 15 is 0 Å². The van der Waals surface area contributed by atoms with E-state index in [1.807, 2.05) is 12.1 Å². The lowest BCUT2D eigenvalue weighted by Gasteiger charge is -2.29. The Kier molecular flexibility index (Phi) is 7.73. The molecule has 1 unspecified atom stereocenters. The van der Waals surface area contributed by atoms with Crippen LogP contribution in [0.1, 0.15) is 21.5 Å². The number of halogens is 3. The van der Waals surface area contributed by atoms with Crippen molar-refractivity contribution in [3.05, 3.63) is 101 Å². The molecule has 0 saturated carbocycles. The molecule has 37 heavy (non-hydrogen) atoms. The van der Waals surface area contributed by atoms with Crippen LogP contribution in [-0.2, 0) is 17.9 Å². The number of urea groups is 1. The van der Waals surface area contributed by atoms with Gasteiger partial charge in [0, 0.05) is 43.5 Å². The summed E-state index contributed by atoms with van der Waals surface area (Å²) in [5, 5.41) is 5.29. The van der Waals surface area contributed by atoms with Crippen molar-refractivity contribution in [2.45, 2.75) is 19.3 Å². The Morgan fingerprint density at radius 1 is 0.838 bits per heavy atom. The van der Waals surface area contributed by atoms with Crippen molar-refractivity contribution in [2.24, 2.45) is 5.73 Å². The smallest absolute Gasteiger partial charge is 0.323 e. The van der Waals surface area contributed by atoms with Gasteiger partial charge in [0.2, 0.25) is 0 Å². The van der Waals surface area contributed by atoms with Crippen molar-refractivity contribution < 1.29 is 27.6 Å². The first kappa shape index (κ1) is 25.7. The zero-order valence-electron chi connectivity index (χ0n) is 19.6. The minimum absolute atomic E-state index is 0.0304. The molecule has 3 aromatic rings. The highest BCUT2D eigenvalue weighted by Crippen LogP contribution is 2.22. The fraction of sp³-hybridized carbons (Fsp3) is 0.192. The van der Waals surface area contributed by atoms with Gasteiger partial charge in [0.1, 0.15) is 17.5 Å². The molecule has 4 N–H and O–H groups in total. The zero-order valence-corrected chi connectivity index (χ0v) is 19.6. The van der Waals surface area contributed by atoms with Crippen molar-refractivity contribution in [3.63, 3.8) is 0 Å². The fourth-order valence-corrected chi connectivity index (χ4v) is 4.06. The molecule has 11 heteroatoms. The van der Waals surface area contributed by atoms with Crippen LogP contribution < -0.4 is 16.4 Å². The van der Waals surface area contributed by atoms with Gasteiger partial charge < -0.3 is 21.3 Å². The van der Waals surface area contributed by atoms with E-state index < -0.39 is 41.5 Å². The average Bonchev–Trinajstić information content (AvgIpc) is 3.33. The monoisotopic (exact) mass is 511 g/mol. The van der Waals surface area contributed by atoms with E-state index in [0.29, 0.717) is 12.6 Å². The minimum atomic E-state index is -1.41. The van der Waals surface area contributed by atoms with Gasteiger partial charge >= 0.3 is 6.03 Å². The first-order chi connectivity index (χ1) is 17.7. The molecule has 0 aromatic heterocycles. The number of nitrogens with two attached hydrogens (primary N) is 1. The van der Waals surface area contributed by atoms with E-state index in [-0.39, 0.29) is 30.9 Å². The summed E-state index contributed by atoms with van der Waals surface area (Å²) in [6, 6.07) is 13.9. The highest BCUT2D eigenvalue weighted by molar-refractivity contribution is 6.00. The van der Waals surface area contributed by atoms with Crippen LogP contribution in [0.2, 0.25) is 0 Å². The van der Waals surface area contributed by atoms with Crippen molar-refractivity contribution in [1.29, 1.82) is 0 Å². The van der Waals surface area contributed by atoms with E-state index in [1.165, 1.54) is 12.1 Å². The van der Waals surface area contributed by atoms with Crippen LogP contribution in [-0.4, -0.2) is 46.9 Å². The van der Waals surface area contributed by atoms with E-state index in [2.05, 4.69) is 10.6 Å². The molecule has 1 aliphatic rings. The molecule has 1 fully saturated rings. The first-order valence-electron chi connectivity index (χ1n) is 11.4. The Balaban J connectivity index is 1.58. The molecule has 0 spiro atoms. The molecule has 0 aliphatic carbocycles. The van der Waals surface area contributed by atoms with Crippen LogP contribution in [0.5, 0.6) is 0 Å². The van der Waals surface area contributed by atoms with E-state index in [9.17, 15) is 27.6 Å². The number of amides is 4. The van der Waals surface area contributed by atoms with Gasteiger partial charge in [-0.15, -0.1) is 0 Å². The average molecular weight is 512 g/mol. The van der Waals surface area contributed by atoms with Crippen LogP contribution in [0, 0.1) is 17.5 Å². The fourth-order valence-electron chi connectivity index (χ4n) is 4.06. The molecule has 0 bridgehead atoms. The summed E-state index contributed by atoms with van der Waals surface area (Å²) in [6.45, 7) is 0.313. The van der Waals surface area contributed by atoms with Crippen molar-refractivity contribution in [3.8, 4) is 0 Å². The molecule has 1 aliphatic heterocycles. The predicted octanol–water partition coefficient (Wildman–Crippen LogP) is 3.20. The summed E-state index contributed by atoms with van der Waals surface area (Å²) in [7, 11) is 0. The molecule has 192 valence electrons. The number of rotatable bonds is 6. The van der Waals surface area contributed by atoms with Gasteiger partial charge in [-0.25, -0.2) is 18.0 Å². The summed E-state index contributed by atoms with van der Waals surface area (Å²) in [4.78, 5) is 41.8. The highest BCUT2D eigenvalue weighted by atomic mass is 19.1. The largest absolute Gasteiger partial charge is 0.349 e. The number of hydrogen-bond donors (Lipinski definition) is 3. The number of nitrogens with one attached hydrogen (secondary N) is 2. The minimum Gasteiger partial charge on any atom is -0.349 e. The van der Waals surface area contributed by atoms with Crippen molar-refractivity contribution in [2.75, 3.05) is 18.4 Å². The molecule has 1 saturated heterocycles. The maximum absolute atomic E-state index is 13.8. The van der Waals surface area contributed by atoms with Crippen molar-refractivity contribution >= 4 is 23.5 Å². The normalized spacial score (nSPS) is 15.0. The Bertz CT molecular complexity index is 1300. The predicted molar refractivity (Wildman–Crippen MR) is 129 cm³/mol. The zero-order chi connectivity index (χ0) is 26.5. The lowest BCUT2D eigenvalue weighted by molar-refractivity contribution is -0.128. The molecule has 8 nitrogen and oxygen atoms in total. The molecule has 4 rings (SSSR count). The number of nitrogens with zero attached hydrogens (tertiary/aromatic N) is 2. The van der Waals surface area contributed by atoms with Gasteiger partial charge in [-0.1, -0.05) is 24.3 Å². The second kappa shape index (κ2) is 11.1. The first-order valence-corrected chi connectivity index (χ1v) is 11.4. The third-order valence-electron chi connectivity index (χ3n) is 5.83. The van der Waals surface area contributed by atoms with Crippen LogP contribution >= 0.6 is 0 Å². The topological polar surface area (TPSA) is 108 Å². The summed E-state index contributed by atoms with van der Waals surface area (Å²) in [5.74, 6) is -3.88. The Hall–Kier alpha value is -4.38. The third-order valence-corrected chi connectivity index (χ3v) is 5.83.